The summed E-state index contributed by atoms with van der Waals surface area (Å²) < 4.78 is 2.16. The number of amides is 1. The number of hydrogen-bond acceptors (Lipinski definition) is 3. The quantitative estimate of drug-likeness (QED) is 0.720. The van der Waals surface area contributed by atoms with Gasteiger partial charge in [0.1, 0.15) is 5.54 Å². The van der Waals surface area contributed by atoms with E-state index < -0.39 is 11.4 Å². The van der Waals surface area contributed by atoms with Crippen LogP contribution in [0.4, 0.5) is 5.95 Å². The first-order chi connectivity index (χ1) is 13.3. The molecule has 0 bridgehead atoms. The fraction of sp³-hybridized carbons (Fsp3) is 0.304. The van der Waals surface area contributed by atoms with E-state index >= 15 is 0 Å². The van der Waals surface area contributed by atoms with Crippen LogP contribution in [0.3, 0.4) is 0 Å². The summed E-state index contributed by atoms with van der Waals surface area (Å²) in [7, 11) is 0. The Kier molecular flexibility index (Phi) is 4.07. The van der Waals surface area contributed by atoms with Crippen LogP contribution in [-0.4, -0.2) is 15.5 Å². The van der Waals surface area contributed by atoms with Crippen LogP contribution in [0.5, 0.6) is 0 Å². The summed E-state index contributed by atoms with van der Waals surface area (Å²) >= 11 is 0. The maximum absolute atomic E-state index is 12.8. The van der Waals surface area contributed by atoms with Crippen LogP contribution < -0.4 is 11.1 Å². The van der Waals surface area contributed by atoms with E-state index in [0.717, 1.165) is 39.4 Å². The molecule has 1 amide bonds. The number of aromatic nitrogens is 2. The number of rotatable bonds is 3. The molecule has 2 heterocycles. The average molecular weight is 374 g/mol. The number of nitrogens with zero attached hydrogens (tertiary/aromatic N) is 2. The van der Waals surface area contributed by atoms with Crippen molar-refractivity contribution in [3.05, 3.63) is 70.4 Å². The Morgan fingerprint density at radius 2 is 1.75 bits per heavy atom. The number of carbonyl (C=O) groups excluding carboxylic acids is 1. The molecule has 0 saturated carbocycles. The zero-order valence-corrected chi connectivity index (χ0v) is 17.0. The molecule has 1 aliphatic rings. The SMILES string of the molecule is CC1=C(C(N)=O)C(c2cc(C)cc(C)c2)(C(C)C)n2c(nc3ccccc32)N1. The van der Waals surface area contributed by atoms with Gasteiger partial charge in [-0.1, -0.05) is 55.3 Å². The molecule has 0 saturated heterocycles. The second-order valence-electron chi connectivity index (χ2n) is 8.05. The monoisotopic (exact) mass is 374 g/mol. The van der Waals surface area contributed by atoms with Gasteiger partial charge in [-0.2, -0.15) is 0 Å². The van der Waals surface area contributed by atoms with Crippen LogP contribution in [0.15, 0.2) is 53.7 Å². The Labute approximate surface area is 165 Å². The van der Waals surface area contributed by atoms with Crippen molar-refractivity contribution < 1.29 is 4.79 Å². The number of benzene rings is 2. The third-order valence-electron chi connectivity index (χ3n) is 5.71. The predicted octanol–water partition coefficient (Wildman–Crippen LogP) is 4.24. The maximum Gasteiger partial charge on any atom is 0.249 e. The number of para-hydroxylation sites is 2. The van der Waals surface area contributed by atoms with Gasteiger partial charge in [0.25, 0.3) is 0 Å². The summed E-state index contributed by atoms with van der Waals surface area (Å²) in [6.45, 7) is 10.3. The smallest absolute Gasteiger partial charge is 0.249 e. The summed E-state index contributed by atoms with van der Waals surface area (Å²) in [5, 5.41) is 3.32. The van der Waals surface area contributed by atoms with E-state index in [-0.39, 0.29) is 5.92 Å². The van der Waals surface area contributed by atoms with E-state index in [4.69, 9.17) is 10.7 Å². The Morgan fingerprint density at radius 1 is 1.11 bits per heavy atom. The van der Waals surface area contributed by atoms with Gasteiger partial charge < -0.3 is 11.1 Å². The molecule has 1 aliphatic heterocycles. The van der Waals surface area contributed by atoms with E-state index in [0.29, 0.717) is 5.57 Å². The third-order valence-corrected chi connectivity index (χ3v) is 5.71. The molecule has 3 N–H and O–H groups in total. The molecule has 1 unspecified atom stereocenters. The number of primary amides is 1. The van der Waals surface area contributed by atoms with Crippen LogP contribution in [0.1, 0.15) is 37.5 Å². The highest BCUT2D eigenvalue weighted by atomic mass is 16.1. The van der Waals surface area contributed by atoms with Gasteiger partial charge in [0, 0.05) is 5.70 Å². The molecule has 1 atom stereocenters. The van der Waals surface area contributed by atoms with Crippen molar-refractivity contribution in [3.63, 3.8) is 0 Å². The number of imidazole rings is 1. The van der Waals surface area contributed by atoms with Crippen molar-refractivity contribution in [3.8, 4) is 0 Å². The number of allylic oxidation sites excluding steroid dienone is 1. The summed E-state index contributed by atoms with van der Waals surface area (Å²) in [6.07, 6.45) is 0. The normalized spacial score (nSPS) is 19.1. The lowest BCUT2D eigenvalue weighted by Crippen LogP contribution is -2.49. The summed E-state index contributed by atoms with van der Waals surface area (Å²) in [5.74, 6) is 0.377. The molecule has 0 fully saturated rings. The number of fused-ring (bicyclic) bond motifs is 3. The molecule has 28 heavy (non-hydrogen) atoms. The Balaban J connectivity index is 2.22. The molecule has 5 heteroatoms. The van der Waals surface area contributed by atoms with Crippen LogP contribution in [-0.2, 0) is 10.3 Å². The summed E-state index contributed by atoms with van der Waals surface area (Å²) in [4.78, 5) is 17.6. The van der Waals surface area contributed by atoms with Gasteiger partial charge in [-0.3, -0.25) is 9.36 Å². The van der Waals surface area contributed by atoms with Gasteiger partial charge in [-0.25, -0.2) is 4.98 Å². The minimum absolute atomic E-state index is 0.0598. The van der Waals surface area contributed by atoms with E-state index in [1.165, 1.54) is 0 Å². The molecule has 0 spiro atoms. The van der Waals surface area contributed by atoms with Gasteiger partial charge in [-0.05, 0) is 44.4 Å². The van der Waals surface area contributed by atoms with Crippen LogP contribution in [0.2, 0.25) is 0 Å². The zero-order valence-electron chi connectivity index (χ0n) is 17.0. The second-order valence-corrected chi connectivity index (χ2v) is 8.05. The summed E-state index contributed by atoms with van der Waals surface area (Å²) in [6, 6.07) is 14.5. The van der Waals surface area contributed by atoms with Crippen molar-refractivity contribution in [2.75, 3.05) is 5.32 Å². The first-order valence-electron chi connectivity index (χ1n) is 9.61. The standard InChI is InChI=1S/C23H26N4O/c1-13(2)23(17-11-14(3)10-15(4)12-17)20(21(24)28)16(5)25-22-26-18-8-6-7-9-19(18)27(22)23/h6-13H,1-5H3,(H2,24,28)(H,25,26). The number of hydrogen-bond donors (Lipinski definition) is 2. The zero-order chi connectivity index (χ0) is 20.2. The maximum atomic E-state index is 12.8. The molecule has 5 nitrogen and oxygen atoms in total. The number of nitrogens with two attached hydrogens (primary N) is 1. The third kappa shape index (κ3) is 2.39. The fourth-order valence-electron chi connectivity index (χ4n) is 4.82. The lowest BCUT2D eigenvalue weighted by atomic mass is 9.71. The van der Waals surface area contributed by atoms with Crippen LogP contribution in [0, 0.1) is 19.8 Å². The molecular formula is C23H26N4O. The molecule has 0 radical (unpaired) electrons. The second kappa shape index (κ2) is 6.23. The highest BCUT2D eigenvalue weighted by Gasteiger charge is 2.49. The first kappa shape index (κ1) is 18.3. The Bertz CT molecular complexity index is 1120. The highest BCUT2D eigenvalue weighted by Crippen LogP contribution is 2.48. The van der Waals surface area contributed by atoms with E-state index in [2.05, 4.69) is 55.8 Å². The minimum Gasteiger partial charge on any atom is -0.366 e. The fourth-order valence-corrected chi connectivity index (χ4v) is 4.82. The lowest BCUT2D eigenvalue weighted by molar-refractivity contribution is -0.115. The molecule has 2 aromatic carbocycles. The number of aryl methyl sites for hydroxylation is 2. The molecule has 4 rings (SSSR count). The molecule has 0 aliphatic carbocycles. The number of nitrogens with one attached hydrogen (secondary N) is 1. The van der Waals surface area contributed by atoms with Gasteiger partial charge >= 0.3 is 0 Å². The van der Waals surface area contributed by atoms with Gasteiger partial charge in [-0.15, -0.1) is 0 Å². The van der Waals surface area contributed by atoms with Crippen molar-refractivity contribution in [1.29, 1.82) is 0 Å². The largest absolute Gasteiger partial charge is 0.366 e. The lowest BCUT2D eigenvalue weighted by Gasteiger charge is -2.45. The Hall–Kier alpha value is -3.08. The van der Waals surface area contributed by atoms with Gasteiger partial charge in [0.15, 0.2) is 0 Å². The Morgan fingerprint density at radius 3 is 2.36 bits per heavy atom. The van der Waals surface area contributed by atoms with Gasteiger partial charge in [0.2, 0.25) is 11.9 Å². The topological polar surface area (TPSA) is 72.9 Å². The van der Waals surface area contributed by atoms with Crippen LogP contribution >= 0.6 is 0 Å². The first-order valence-corrected chi connectivity index (χ1v) is 9.61. The van der Waals surface area contributed by atoms with E-state index in [1.807, 2.05) is 31.2 Å². The van der Waals surface area contributed by atoms with Crippen molar-refractivity contribution in [1.82, 2.24) is 9.55 Å². The van der Waals surface area contributed by atoms with E-state index in [1.54, 1.807) is 0 Å². The predicted molar refractivity (Wildman–Crippen MR) is 113 cm³/mol. The van der Waals surface area contributed by atoms with Gasteiger partial charge in [0.05, 0.1) is 16.6 Å². The van der Waals surface area contributed by atoms with Crippen molar-refractivity contribution in [2.45, 2.75) is 40.2 Å². The summed E-state index contributed by atoms with van der Waals surface area (Å²) in [5.41, 5.74) is 11.8. The average Bonchev–Trinajstić information content (AvgIpc) is 2.97. The van der Waals surface area contributed by atoms with Crippen molar-refractivity contribution in [2.24, 2.45) is 11.7 Å². The molecule has 144 valence electrons. The molecule has 1 aromatic heterocycles. The number of anilines is 1. The van der Waals surface area contributed by atoms with E-state index in [9.17, 15) is 4.79 Å². The van der Waals surface area contributed by atoms with Crippen LogP contribution in [0.25, 0.3) is 11.0 Å². The number of carbonyl (C=O) groups is 1. The highest BCUT2D eigenvalue weighted by molar-refractivity contribution is 5.98. The molecule has 3 aromatic rings. The minimum atomic E-state index is -0.747. The molecular weight excluding hydrogens is 348 g/mol. The van der Waals surface area contributed by atoms with Crippen molar-refractivity contribution >= 4 is 22.9 Å².